The minimum Gasteiger partial charge on any atom is -0.481 e. The highest BCUT2D eigenvalue weighted by atomic mass is 32.1. The van der Waals surface area contributed by atoms with Crippen LogP contribution in [0.25, 0.3) is 0 Å². The first-order chi connectivity index (χ1) is 52.0. The zero-order valence-electron chi connectivity index (χ0n) is 62.7. The Morgan fingerprint density at radius 1 is 0.495 bits per heavy atom. The fraction of sp³-hybridized carbons (Fsp3) is 0.785. The first kappa shape index (κ1) is 95.1. The number of nitrogens with two attached hydrogens (primary N) is 1. The van der Waals surface area contributed by atoms with E-state index in [0.29, 0.717) is 6.42 Å². The van der Waals surface area contributed by atoms with Crippen LogP contribution >= 0.6 is 48.9 Å². The number of carbonyl (C=O) groups is 10. The highest BCUT2D eigenvalue weighted by Crippen LogP contribution is 2.31. The maximum atomic E-state index is 15.7. The van der Waals surface area contributed by atoms with Crippen LogP contribution in [0.4, 0.5) is 0 Å². The molecule has 0 aromatic heterocycles. The van der Waals surface area contributed by atoms with Gasteiger partial charge >= 0.3 is 5.97 Å². The normalized spacial score (nSPS) is 31.2. The molecule has 9 amide bonds. The maximum Gasteiger partial charge on any atom is 0.303 e. The van der Waals surface area contributed by atoms with Crippen LogP contribution < -0.4 is 64.2 Å². The molecule has 630 valence electrons. The van der Waals surface area contributed by atoms with Gasteiger partial charge in [0.2, 0.25) is 53.2 Å². The molecule has 5 rings (SSSR count). The molecule has 5 aliphatic heterocycles. The summed E-state index contributed by atoms with van der Waals surface area (Å²) in [6.07, 6.45) is -31.5. The molecule has 0 radical (unpaired) electrons. The Balaban J connectivity index is 1.61. The van der Waals surface area contributed by atoms with Gasteiger partial charge in [-0.1, -0.05) is 62.7 Å². The summed E-state index contributed by atoms with van der Waals surface area (Å²) in [5, 5.41) is 148. The van der Waals surface area contributed by atoms with Crippen LogP contribution in [-0.4, -0.2) is 357 Å². The van der Waals surface area contributed by atoms with E-state index in [1.54, 1.807) is 13.8 Å². The number of nitrogens with zero attached hydrogens (tertiary/aromatic N) is 1. The number of amides is 9. The number of carbonyl (C=O) groups excluding carboxylic acids is 9. The molecule has 5 fully saturated rings. The molecule has 0 spiro atoms. The quantitative estimate of drug-likeness (QED) is 0.0255. The minimum absolute atomic E-state index is 0.00965. The van der Waals surface area contributed by atoms with E-state index in [0.717, 1.165) is 18.7 Å². The summed E-state index contributed by atoms with van der Waals surface area (Å²) in [5.74, 6) is -10.6. The minimum atomic E-state index is -2.16. The second-order valence-corrected chi connectivity index (χ2v) is 30.4. The van der Waals surface area contributed by atoms with E-state index < -0.39 is 276 Å². The Hall–Kier alpha value is -6.46. The predicted octanol–water partition coefficient (Wildman–Crippen LogP) is -10.1. The molecule has 0 unspecified atom stereocenters. The van der Waals surface area contributed by atoms with Crippen LogP contribution in [0.15, 0.2) is 0 Å². The molecule has 111 heavy (non-hydrogen) atoms. The van der Waals surface area contributed by atoms with Crippen molar-refractivity contribution in [2.24, 2.45) is 11.7 Å². The van der Waals surface area contributed by atoms with Gasteiger partial charge in [0.1, 0.15) is 134 Å². The van der Waals surface area contributed by atoms with E-state index in [4.69, 9.17) is 92.5 Å². The number of hydrogen-bond donors (Lipinski definition) is 23. The molecule has 5 aliphatic rings. The van der Waals surface area contributed by atoms with E-state index in [9.17, 15) is 94.5 Å². The van der Waals surface area contributed by atoms with Gasteiger partial charge in [0, 0.05) is 19.9 Å². The van der Waals surface area contributed by atoms with E-state index in [1.807, 2.05) is 0 Å². The van der Waals surface area contributed by atoms with Crippen LogP contribution in [0.1, 0.15) is 101 Å². The first-order valence-electron chi connectivity index (χ1n) is 35.7. The lowest BCUT2D eigenvalue weighted by Gasteiger charge is -2.46. The molecule has 0 aromatic rings. The van der Waals surface area contributed by atoms with E-state index in [-0.39, 0.29) is 51.7 Å². The lowest BCUT2D eigenvalue weighted by molar-refractivity contribution is -0.308. The van der Waals surface area contributed by atoms with E-state index in [2.05, 4.69) is 58.5 Å². The number of carboxylic acids is 1. The van der Waals surface area contributed by atoms with Crippen molar-refractivity contribution < 1.29 is 142 Å². The Kier molecular flexibility index (Phi) is 38.1. The van der Waals surface area contributed by atoms with Crippen molar-refractivity contribution in [3.63, 3.8) is 0 Å². The molecule has 46 heteroatoms. The van der Waals surface area contributed by atoms with Crippen LogP contribution in [0.5, 0.6) is 0 Å². The fourth-order valence-corrected chi connectivity index (χ4v) is 13.3. The van der Waals surface area contributed by atoms with Crippen LogP contribution in [-0.2, 0) is 85.8 Å². The number of primary amides is 1. The van der Waals surface area contributed by atoms with E-state index in [1.165, 1.54) is 41.5 Å². The van der Waals surface area contributed by atoms with Crippen molar-refractivity contribution in [1.82, 2.24) is 63.4 Å². The third kappa shape index (κ3) is 27.6. The van der Waals surface area contributed by atoms with Crippen LogP contribution in [0.3, 0.4) is 0 Å². The van der Waals surface area contributed by atoms with Crippen LogP contribution in [0.2, 0.25) is 0 Å². The lowest BCUT2D eigenvalue weighted by Crippen LogP contribution is -2.68. The highest BCUT2D eigenvalue weighted by Gasteiger charge is 2.53. The zero-order chi connectivity index (χ0) is 83.3. The molecule has 5 heterocycles. The molecule has 0 saturated carbocycles. The molecule has 5 saturated heterocycles. The Bertz CT molecular complexity index is 3260. The first-order valence-corrected chi connectivity index (χ1v) is 37.4. The van der Waals surface area contributed by atoms with Crippen molar-refractivity contribution in [3.05, 3.63) is 0 Å². The standard InChI is InChI=1S/C65H107N13O29S4/c1-23(2)16-33(75-57(95)32(70-27(6)81)13-14-41(84)85)58(96)69-24(3)56(94)76-43(26(5)103-65-47(74-31(10)111)55(93)51(89)38(107-65)22-101-63-45(72-29(8)109)53(91)49(87)36(20-80)105-63)61(99)77-42(60(98)68-18-40(83)78-15-11-12-34(78)59(97)67-17-39(66)82)25(4)102-64-46(73-30(9)110)54(92)50(88)37(106-64)21-100-62-44(71-28(7)108)52(90)48(86)35(19-79)104-62/h23-26,32-38,42-55,62-65,79-80,86-93H,11-22H2,1-10H3,(H2,66,82)(H,67,97)(H,68,98)(H,69,96)(H,70,81)(H,71,108)(H,72,109)(H,73,110)(H,74,111)(H,75,95)(H,76,94)(H,77,99)(H,84,85)/t24-,25+,26+,32-,33-,34-,35+,36+,37+,38+,42-,43-,44+,45+,46+,47+,48-,49-,50-,51-,52+,53+,54+,55+,62-,63-,64-,65-/m0/s1. The van der Waals surface area contributed by atoms with Gasteiger partial charge in [0.25, 0.3) is 0 Å². The summed E-state index contributed by atoms with van der Waals surface area (Å²) < 4.78 is 48.9. The molecule has 0 aromatic carbocycles. The predicted molar refractivity (Wildman–Crippen MR) is 398 cm³/mol. The van der Waals surface area contributed by atoms with Crippen molar-refractivity contribution >= 4 is 128 Å². The number of hydrogen-bond acceptors (Lipinski definition) is 32. The lowest BCUT2D eigenvalue weighted by atomic mass is 9.96. The van der Waals surface area contributed by atoms with Gasteiger partial charge in [0.05, 0.1) is 71.7 Å². The van der Waals surface area contributed by atoms with Gasteiger partial charge in [-0.15, -0.1) is 0 Å². The fourth-order valence-electron chi connectivity index (χ4n) is 12.8. The molecule has 42 nitrogen and oxygen atoms in total. The summed E-state index contributed by atoms with van der Waals surface area (Å²) in [5.41, 5.74) is 5.24. The van der Waals surface area contributed by atoms with Gasteiger partial charge in [-0.2, -0.15) is 0 Å². The molecular formula is C65H107N13O29S4. The van der Waals surface area contributed by atoms with Crippen molar-refractivity contribution in [1.29, 1.82) is 0 Å². The van der Waals surface area contributed by atoms with Crippen molar-refractivity contribution in [2.75, 3.05) is 46.1 Å². The smallest absolute Gasteiger partial charge is 0.303 e. The van der Waals surface area contributed by atoms with Crippen molar-refractivity contribution in [3.8, 4) is 0 Å². The third-order valence-electron chi connectivity index (χ3n) is 18.4. The van der Waals surface area contributed by atoms with Gasteiger partial charge in [-0.3, -0.25) is 47.9 Å². The summed E-state index contributed by atoms with van der Waals surface area (Å²) in [7, 11) is 0. The Labute approximate surface area is 660 Å². The maximum absolute atomic E-state index is 15.7. The number of likely N-dealkylation sites (tertiary alicyclic amines) is 1. The average Bonchev–Trinajstić information content (AvgIpc) is 1.32. The number of ether oxygens (including phenoxy) is 8. The second-order valence-electron chi connectivity index (χ2n) is 27.9. The number of carboxylic acid groups (broad SMARTS) is 1. The topological polar surface area (TPSA) is 629 Å². The number of thiocarbonyl (C=S) groups is 4. The summed E-state index contributed by atoms with van der Waals surface area (Å²) in [4.78, 5) is 138. The number of aliphatic hydroxyl groups excluding tert-OH is 10. The molecule has 0 bridgehead atoms. The van der Waals surface area contributed by atoms with E-state index >= 15 is 9.59 Å². The van der Waals surface area contributed by atoms with Gasteiger partial charge < -0.3 is 163 Å². The van der Waals surface area contributed by atoms with Gasteiger partial charge in [-0.05, 0) is 80.1 Å². The summed E-state index contributed by atoms with van der Waals surface area (Å²) in [6, 6.07) is -15.8. The number of aliphatic carboxylic acids is 1. The zero-order valence-corrected chi connectivity index (χ0v) is 65.9. The number of nitrogens with one attached hydrogen (secondary N) is 11. The van der Waals surface area contributed by atoms with Gasteiger partial charge in [-0.25, -0.2) is 0 Å². The molecule has 0 aliphatic carbocycles. The number of aliphatic hydroxyl groups is 10. The van der Waals surface area contributed by atoms with Crippen LogP contribution in [0, 0.1) is 5.92 Å². The third-order valence-corrected chi connectivity index (χ3v) is 18.9. The molecule has 28 atom stereocenters. The monoisotopic (exact) mass is 1660 g/mol. The Morgan fingerprint density at radius 3 is 1.31 bits per heavy atom. The summed E-state index contributed by atoms with van der Waals surface area (Å²) >= 11 is 21.1. The highest BCUT2D eigenvalue weighted by molar-refractivity contribution is 7.80. The molecular weight excluding hydrogens is 1560 g/mol. The van der Waals surface area contributed by atoms with Gasteiger partial charge in [0.15, 0.2) is 25.2 Å². The second kappa shape index (κ2) is 44.4. The summed E-state index contributed by atoms with van der Waals surface area (Å²) in [6.45, 7) is 9.08. The average molecular weight is 1660 g/mol. The Morgan fingerprint density at radius 2 is 0.901 bits per heavy atom. The SMILES string of the molecule is CC(=O)N[C@@H](CCC(=O)O)C(=O)N[C@@H](CC(C)C)C(=O)N[C@@H](C)C(=O)N[C@H](C(=O)N[C@H](C(=O)NCC(=O)N1CCC[C@H]1C(=O)NCC(N)=O)[C@@H](C)O[C@H]1O[C@H](CO[C@H]2O[C@H](CO)[C@H](O)[C@H](O)[C@H]2NC(C)=S)[C@H](O)[C@H](O)[C@H]1NC(C)=S)[C@@H](C)O[C@H]1O[C@H](CO[C@H]2O[C@H](CO)[C@H](O)[C@H](O)[C@H]2NC(C)=S)[C@H](O)[C@H](O)[C@H]1NC(C)=S. The largest absolute Gasteiger partial charge is 0.481 e. The molecule has 24 N–H and O–H groups in total. The van der Waals surface area contributed by atoms with Crippen molar-refractivity contribution in [2.45, 2.75) is 272 Å². The number of rotatable bonds is 38.